The summed E-state index contributed by atoms with van der Waals surface area (Å²) in [6.07, 6.45) is 0.992. The standard InChI is InChI=1S/C17H20BrNO/c1-11(2)8-12(3)19-17(20)15-5-4-14-10-16(18)7-6-13(14)9-15/h4-7,9-12H,8H2,1-3H3,(H,19,20). The second-order valence-electron chi connectivity index (χ2n) is 5.71. The number of benzene rings is 2. The van der Waals surface area contributed by atoms with Gasteiger partial charge < -0.3 is 5.32 Å². The molecule has 0 aromatic heterocycles. The fraction of sp³-hybridized carbons (Fsp3) is 0.353. The molecule has 0 aliphatic heterocycles. The maximum absolute atomic E-state index is 12.2. The summed E-state index contributed by atoms with van der Waals surface area (Å²) in [5.74, 6) is 0.585. The smallest absolute Gasteiger partial charge is 0.251 e. The van der Waals surface area contributed by atoms with Gasteiger partial charge in [0.15, 0.2) is 0 Å². The van der Waals surface area contributed by atoms with Gasteiger partial charge in [-0.25, -0.2) is 0 Å². The summed E-state index contributed by atoms with van der Waals surface area (Å²) in [6, 6.07) is 12.1. The zero-order chi connectivity index (χ0) is 14.7. The molecule has 20 heavy (non-hydrogen) atoms. The van der Waals surface area contributed by atoms with Crippen LogP contribution in [0.1, 0.15) is 37.6 Å². The van der Waals surface area contributed by atoms with Gasteiger partial charge >= 0.3 is 0 Å². The van der Waals surface area contributed by atoms with E-state index in [-0.39, 0.29) is 11.9 Å². The van der Waals surface area contributed by atoms with Crippen molar-refractivity contribution in [3.63, 3.8) is 0 Å². The van der Waals surface area contributed by atoms with Crippen molar-refractivity contribution in [2.75, 3.05) is 0 Å². The van der Waals surface area contributed by atoms with Gasteiger partial charge in [0.1, 0.15) is 0 Å². The van der Waals surface area contributed by atoms with E-state index < -0.39 is 0 Å². The molecular formula is C17H20BrNO. The van der Waals surface area contributed by atoms with Crippen molar-refractivity contribution in [3.05, 3.63) is 46.4 Å². The van der Waals surface area contributed by atoms with Crippen LogP contribution in [0.25, 0.3) is 10.8 Å². The molecule has 0 saturated heterocycles. The van der Waals surface area contributed by atoms with Gasteiger partial charge in [0.2, 0.25) is 0 Å². The molecule has 0 aliphatic carbocycles. The third kappa shape index (κ3) is 3.83. The normalized spacial score (nSPS) is 12.7. The molecule has 1 amide bonds. The predicted octanol–water partition coefficient (Wildman–Crippen LogP) is 4.77. The number of hydrogen-bond donors (Lipinski definition) is 1. The lowest BCUT2D eigenvalue weighted by Gasteiger charge is -2.16. The van der Waals surface area contributed by atoms with E-state index in [0.717, 1.165) is 27.2 Å². The van der Waals surface area contributed by atoms with Crippen LogP contribution in [0.15, 0.2) is 40.9 Å². The van der Waals surface area contributed by atoms with Crippen LogP contribution in [-0.2, 0) is 0 Å². The van der Waals surface area contributed by atoms with E-state index in [0.29, 0.717) is 5.92 Å². The van der Waals surface area contributed by atoms with Gasteiger partial charge in [-0.1, -0.05) is 41.9 Å². The highest BCUT2D eigenvalue weighted by Gasteiger charge is 2.11. The molecule has 2 aromatic rings. The summed E-state index contributed by atoms with van der Waals surface area (Å²) in [6.45, 7) is 6.38. The molecule has 2 rings (SSSR count). The highest BCUT2D eigenvalue weighted by atomic mass is 79.9. The monoisotopic (exact) mass is 333 g/mol. The average Bonchev–Trinajstić information content (AvgIpc) is 2.36. The molecule has 0 bridgehead atoms. The molecular weight excluding hydrogens is 314 g/mol. The number of rotatable bonds is 4. The van der Waals surface area contributed by atoms with Crippen LogP contribution >= 0.6 is 15.9 Å². The second-order valence-corrected chi connectivity index (χ2v) is 6.63. The van der Waals surface area contributed by atoms with Crippen LogP contribution in [0.2, 0.25) is 0 Å². The Balaban J connectivity index is 2.16. The summed E-state index contributed by atoms with van der Waals surface area (Å²) < 4.78 is 1.05. The highest BCUT2D eigenvalue weighted by Crippen LogP contribution is 2.21. The molecule has 2 nitrogen and oxygen atoms in total. The first-order chi connectivity index (χ1) is 9.45. The molecule has 1 atom stereocenters. The van der Waals surface area contributed by atoms with E-state index in [1.54, 1.807) is 0 Å². The van der Waals surface area contributed by atoms with E-state index in [9.17, 15) is 4.79 Å². The van der Waals surface area contributed by atoms with Gasteiger partial charge in [-0.15, -0.1) is 0 Å². The highest BCUT2D eigenvalue weighted by molar-refractivity contribution is 9.10. The Hall–Kier alpha value is -1.35. The van der Waals surface area contributed by atoms with Gasteiger partial charge in [0.25, 0.3) is 5.91 Å². The van der Waals surface area contributed by atoms with Crippen LogP contribution in [0.5, 0.6) is 0 Å². The lowest BCUT2D eigenvalue weighted by Crippen LogP contribution is -2.33. The van der Waals surface area contributed by atoms with Gasteiger partial charge in [0.05, 0.1) is 0 Å². The summed E-state index contributed by atoms with van der Waals surface area (Å²) in [4.78, 5) is 12.2. The predicted molar refractivity (Wildman–Crippen MR) is 88.0 cm³/mol. The molecule has 106 valence electrons. The van der Waals surface area contributed by atoms with Crippen molar-refractivity contribution in [1.29, 1.82) is 0 Å². The topological polar surface area (TPSA) is 29.1 Å². The van der Waals surface area contributed by atoms with Gasteiger partial charge in [0, 0.05) is 16.1 Å². The molecule has 1 N–H and O–H groups in total. The maximum Gasteiger partial charge on any atom is 0.251 e. The van der Waals surface area contributed by atoms with Crippen LogP contribution in [0.4, 0.5) is 0 Å². The number of fused-ring (bicyclic) bond motifs is 1. The summed E-state index contributed by atoms with van der Waals surface area (Å²) in [5, 5.41) is 5.27. The second kappa shape index (κ2) is 6.40. The number of hydrogen-bond acceptors (Lipinski definition) is 1. The minimum absolute atomic E-state index is 0.00275. The Morgan fingerprint density at radius 2 is 1.75 bits per heavy atom. The third-order valence-electron chi connectivity index (χ3n) is 3.27. The van der Waals surface area contributed by atoms with Crippen LogP contribution in [0, 0.1) is 5.92 Å². The number of carbonyl (C=O) groups is 1. The van der Waals surface area contributed by atoms with E-state index in [1.807, 2.05) is 30.3 Å². The third-order valence-corrected chi connectivity index (χ3v) is 3.76. The first-order valence-electron chi connectivity index (χ1n) is 6.96. The average molecular weight is 334 g/mol. The number of halogens is 1. The Kier molecular flexibility index (Phi) is 4.81. The Morgan fingerprint density at radius 3 is 2.45 bits per heavy atom. The van der Waals surface area contributed by atoms with Crippen LogP contribution in [-0.4, -0.2) is 11.9 Å². The van der Waals surface area contributed by atoms with Crippen molar-refractivity contribution >= 4 is 32.6 Å². The first kappa shape index (κ1) is 15.0. The molecule has 0 spiro atoms. The number of amides is 1. The molecule has 2 aromatic carbocycles. The summed E-state index contributed by atoms with van der Waals surface area (Å²) >= 11 is 3.46. The lowest BCUT2D eigenvalue weighted by atomic mass is 10.0. The van der Waals surface area contributed by atoms with Gasteiger partial charge in [-0.2, -0.15) is 0 Å². The van der Waals surface area contributed by atoms with Gasteiger partial charge in [-0.05, 0) is 54.3 Å². The van der Waals surface area contributed by atoms with E-state index in [1.165, 1.54) is 0 Å². The first-order valence-corrected chi connectivity index (χ1v) is 7.75. The Morgan fingerprint density at radius 1 is 1.10 bits per heavy atom. The molecule has 0 saturated carbocycles. The minimum Gasteiger partial charge on any atom is -0.350 e. The SMILES string of the molecule is CC(C)CC(C)NC(=O)c1ccc2cc(Br)ccc2c1. The molecule has 3 heteroatoms. The largest absolute Gasteiger partial charge is 0.350 e. The Bertz CT molecular complexity index is 621. The van der Waals surface area contributed by atoms with E-state index in [4.69, 9.17) is 0 Å². The van der Waals surface area contributed by atoms with E-state index in [2.05, 4.69) is 48.1 Å². The van der Waals surface area contributed by atoms with Crippen molar-refractivity contribution in [2.45, 2.75) is 33.2 Å². The lowest BCUT2D eigenvalue weighted by molar-refractivity contribution is 0.0936. The zero-order valence-electron chi connectivity index (χ0n) is 12.1. The van der Waals surface area contributed by atoms with E-state index >= 15 is 0 Å². The molecule has 0 fully saturated rings. The number of carbonyl (C=O) groups excluding carboxylic acids is 1. The molecule has 0 radical (unpaired) electrons. The maximum atomic E-state index is 12.2. The van der Waals surface area contributed by atoms with Crippen LogP contribution < -0.4 is 5.32 Å². The van der Waals surface area contributed by atoms with Crippen molar-refractivity contribution in [3.8, 4) is 0 Å². The fourth-order valence-corrected chi connectivity index (χ4v) is 2.81. The number of nitrogens with one attached hydrogen (secondary N) is 1. The van der Waals surface area contributed by atoms with Crippen molar-refractivity contribution in [2.24, 2.45) is 5.92 Å². The fourth-order valence-electron chi connectivity index (χ4n) is 2.43. The van der Waals surface area contributed by atoms with Crippen molar-refractivity contribution in [1.82, 2.24) is 5.32 Å². The molecule has 1 unspecified atom stereocenters. The quantitative estimate of drug-likeness (QED) is 0.858. The molecule has 0 heterocycles. The summed E-state index contributed by atoms with van der Waals surface area (Å²) in [5.41, 5.74) is 0.718. The van der Waals surface area contributed by atoms with Crippen LogP contribution in [0.3, 0.4) is 0 Å². The summed E-state index contributed by atoms with van der Waals surface area (Å²) in [7, 11) is 0. The zero-order valence-corrected chi connectivity index (χ0v) is 13.7. The van der Waals surface area contributed by atoms with Gasteiger partial charge in [-0.3, -0.25) is 4.79 Å². The van der Waals surface area contributed by atoms with Crippen molar-refractivity contribution < 1.29 is 4.79 Å². The minimum atomic E-state index is 0.00275. The Labute approximate surface area is 128 Å². The molecule has 0 aliphatic rings.